The highest BCUT2D eigenvalue weighted by Gasteiger charge is 2.37. The Kier molecular flexibility index (Phi) is 8.74. The van der Waals surface area contributed by atoms with E-state index in [1.54, 1.807) is 6.92 Å². The molecule has 3 rings (SSSR count). The summed E-state index contributed by atoms with van der Waals surface area (Å²) in [4.78, 5) is 52.0. The Balaban J connectivity index is 2.18. The van der Waals surface area contributed by atoms with Crippen molar-refractivity contribution in [2.24, 2.45) is 0 Å². The predicted octanol–water partition coefficient (Wildman–Crippen LogP) is 5.00. The average Bonchev–Trinajstić information content (AvgIpc) is 3.11. The number of methoxy groups -OCH3 is 1. The Morgan fingerprint density at radius 3 is 2.40 bits per heavy atom. The van der Waals surface area contributed by atoms with Crippen molar-refractivity contribution < 1.29 is 37.4 Å². The van der Waals surface area contributed by atoms with Gasteiger partial charge in [-0.3, -0.25) is 14.4 Å². The van der Waals surface area contributed by atoms with Crippen molar-refractivity contribution in [2.75, 3.05) is 18.6 Å². The van der Waals surface area contributed by atoms with E-state index in [1.807, 2.05) is 0 Å². The van der Waals surface area contributed by atoms with Gasteiger partial charge in [0, 0.05) is 21.6 Å². The molecule has 0 N–H and O–H groups in total. The van der Waals surface area contributed by atoms with Gasteiger partial charge in [0.2, 0.25) is 5.13 Å². The summed E-state index contributed by atoms with van der Waals surface area (Å²) >= 11 is 6.84. The number of benzene rings is 1. The molecule has 0 saturated carbocycles. The molecule has 0 bridgehead atoms. The second-order valence-electron chi connectivity index (χ2n) is 7.56. The summed E-state index contributed by atoms with van der Waals surface area (Å²) < 4.78 is 38.7. The van der Waals surface area contributed by atoms with Crippen molar-refractivity contribution in [2.45, 2.75) is 39.0 Å². The first kappa shape index (κ1) is 26.5. The van der Waals surface area contributed by atoms with Crippen LogP contribution in [0.5, 0.6) is 0 Å². The Morgan fingerprint density at radius 1 is 1.09 bits per heavy atom. The summed E-state index contributed by atoms with van der Waals surface area (Å²) in [6.07, 6.45) is 1.19. The quantitative estimate of drug-likeness (QED) is 0.373. The van der Waals surface area contributed by atoms with Gasteiger partial charge in [-0.15, -0.1) is 11.3 Å². The number of ether oxygens (including phenoxy) is 2. The fraction of sp³-hybridized carbons (Fsp3) is 0.333. The van der Waals surface area contributed by atoms with E-state index in [4.69, 9.17) is 16.3 Å². The Labute approximate surface area is 209 Å². The van der Waals surface area contributed by atoms with Crippen molar-refractivity contribution in [3.63, 3.8) is 0 Å². The molecule has 2 aromatic rings. The van der Waals surface area contributed by atoms with Crippen LogP contribution in [0.15, 0.2) is 35.4 Å². The highest BCUT2D eigenvalue weighted by molar-refractivity contribution is 7.11. The summed E-state index contributed by atoms with van der Waals surface area (Å²) in [6, 6.07) is 4.54. The molecule has 7 nitrogen and oxygen atoms in total. The number of amides is 2. The Bertz CT molecular complexity index is 1210. The summed E-state index contributed by atoms with van der Waals surface area (Å²) in [7, 11) is 1.15. The lowest BCUT2D eigenvalue weighted by atomic mass is 9.90. The number of esters is 2. The zero-order valence-electron chi connectivity index (χ0n) is 19.0. The Hall–Kier alpha value is -3.11. The van der Waals surface area contributed by atoms with Crippen LogP contribution in [0.2, 0.25) is 5.02 Å². The van der Waals surface area contributed by atoms with Gasteiger partial charge in [0.1, 0.15) is 11.5 Å². The van der Waals surface area contributed by atoms with E-state index in [1.165, 1.54) is 12.1 Å². The van der Waals surface area contributed by atoms with Crippen LogP contribution in [-0.2, 0) is 30.3 Å². The average molecular weight is 526 g/mol. The van der Waals surface area contributed by atoms with E-state index in [0.717, 1.165) is 19.2 Å². The molecule has 2 amide bonds. The summed E-state index contributed by atoms with van der Waals surface area (Å²) in [5.74, 6) is -4.15. The molecule has 0 radical (unpaired) electrons. The topological polar surface area (TPSA) is 90.0 Å². The first-order valence-electron chi connectivity index (χ1n) is 10.8. The van der Waals surface area contributed by atoms with Gasteiger partial charge in [0.15, 0.2) is 0 Å². The molecule has 0 atom stereocenters. The van der Waals surface area contributed by atoms with Crippen LogP contribution in [0.1, 0.15) is 47.8 Å². The number of thiophene rings is 1. The number of hydrogen-bond acceptors (Lipinski definition) is 7. The van der Waals surface area contributed by atoms with Crippen molar-refractivity contribution >= 4 is 52.4 Å². The SMILES string of the molecule is CCOC(=O)C1=C(C(=O)N(C(=O)c2cccc(F)c2)c2c(F)sc(CC(=O)OC)c2Cl)CCCC1. The number of anilines is 1. The van der Waals surface area contributed by atoms with E-state index >= 15 is 4.39 Å². The molecule has 35 heavy (non-hydrogen) atoms. The van der Waals surface area contributed by atoms with Crippen LogP contribution in [0, 0.1) is 10.9 Å². The molecular weight excluding hydrogens is 504 g/mol. The van der Waals surface area contributed by atoms with Crippen LogP contribution in [0.4, 0.5) is 14.5 Å². The molecule has 1 heterocycles. The molecular formula is C24H22ClF2NO6S. The van der Waals surface area contributed by atoms with E-state index < -0.39 is 40.4 Å². The first-order chi connectivity index (χ1) is 16.7. The third-order valence-corrected chi connectivity index (χ3v) is 6.82. The lowest BCUT2D eigenvalue weighted by Crippen LogP contribution is -2.40. The molecule has 1 aliphatic rings. The fourth-order valence-electron chi connectivity index (χ4n) is 3.69. The van der Waals surface area contributed by atoms with Crippen molar-refractivity contribution in [1.29, 1.82) is 0 Å². The van der Waals surface area contributed by atoms with Gasteiger partial charge in [0.25, 0.3) is 11.8 Å². The maximum absolute atomic E-state index is 15.2. The monoisotopic (exact) mass is 525 g/mol. The second kappa shape index (κ2) is 11.5. The van der Waals surface area contributed by atoms with Gasteiger partial charge in [-0.25, -0.2) is 14.1 Å². The highest BCUT2D eigenvalue weighted by atomic mass is 35.5. The fourth-order valence-corrected chi connectivity index (χ4v) is 4.98. The zero-order chi connectivity index (χ0) is 25.7. The van der Waals surface area contributed by atoms with Gasteiger partial charge in [-0.2, -0.15) is 4.39 Å². The molecule has 0 saturated heterocycles. The van der Waals surface area contributed by atoms with Crippen molar-refractivity contribution in [1.82, 2.24) is 0 Å². The summed E-state index contributed by atoms with van der Waals surface area (Å²) in [5, 5.41) is -1.33. The van der Waals surface area contributed by atoms with Crippen LogP contribution >= 0.6 is 22.9 Å². The highest BCUT2D eigenvalue weighted by Crippen LogP contribution is 2.41. The minimum absolute atomic E-state index is 0.00404. The van der Waals surface area contributed by atoms with Crippen LogP contribution in [-0.4, -0.2) is 37.5 Å². The van der Waals surface area contributed by atoms with Gasteiger partial charge < -0.3 is 9.47 Å². The lowest BCUT2D eigenvalue weighted by Gasteiger charge is -2.25. The van der Waals surface area contributed by atoms with Crippen LogP contribution in [0.25, 0.3) is 0 Å². The maximum Gasteiger partial charge on any atom is 0.334 e. The Morgan fingerprint density at radius 2 is 1.77 bits per heavy atom. The number of halogens is 3. The normalized spacial score (nSPS) is 13.4. The summed E-state index contributed by atoms with van der Waals surface area (Å²) in [6.45, 7) is 1.70. The molecule has 0 fully saturated rings. The van der Waals surface area contributed by atoms with Gasteiger partial charge in [-0.05, 0) is 50.8 Å². The number of nitrogens with zero attached hydrogens (tertiary/aromatic N) is 1. The summed E-state index contributed by atoms with van der Waals surface area (Å²) in [5.41, 5.74) is -0.711. The molecule has 1 aromatic carbocycles. The maximum atomic E-state index is 15.2. The zero-order valence-corrected chi connectivity index (χ0v) is 20.6. The standard InChI is InChI=1S/C24H22ClF2NO6S/c1-3-34-24(32)16-10-5-4-9-15(16)23(31)28(22(30)13-7-6-8-14(26)11-13)20-19(25)17(35-21(20)27)12-18(29)33-2/h6-8,11H,3-5,9-10,12H2,1-2H3. The van der Waals surface area contributed by atoms with Gasteiger partial charge in [0.05, 0.1) is 25.2 Å². The molecule has 1 aliphatic carbocycles. The number of imide groups is 1. The molecule has 0 unspecified atom stereocenters. The third kappa shape index (κ3) is 5.76. The number of carbonyl (C=O) groups excluding carboxylic acids is 4. The smallest absolute Gasteiger partial charge is 0.334 e. The first-order valence-corrected chi connectivity index (χ1v) is 12.0. The molecule has 11 heteroatoms. The minimum atomic E-state index is -1.04. The predicted molar refractivity (Wildman–Crippen MR) is 125 cm³/mol. The van der Waals surface area contributed by atoms with E-state index in [9.17, 15) is 23.6 Å². The number of rotatable bonds is 7. The van der Waals surface area contributed by atoms with E-state index in [-0.39, 0.29) is 52.5 Å². The molecule has 186 valence electrons. The number of carbonyl (C=O) groups is 4. The van der Waals surface area contributed by atoms with Crippen LogP contribution < -0.4 is 4.90 Å². The van der Waals surface area contributed by atoms with E-state index in [2.05, 4.69) is 4.74 Å². The van der Waals surface area contributed by atoms with Gasteiger partial charge >= 0.3 is 11.9 Å². The lowest BCUT2D eigenvalue weighted by molar-refractivity contribution is -0.140. The van der Waals surface area contributed by atoms with Gasteiger partial charge in [-0.1, -0.05) is 17.7 Å². The molecule has 1 aromatic heterocycles. The third-order valence-electron chi connectivity index (χ3n) is 5.33. The largest absolute Gasteiger partial charge is 0.469 e. The minimum Gasteiger partial charge on any atom is -0.469 e. The molecule has 0 aliphatic heterocycles. The number of hydrogen-bond donors (Lipinski definition) is 0. The second-order valence-corrected chi connectivity index (χ2v) is 8.99. The molecule has 0 spiro atoms. The van der Waals surface area contributed by atoms with Crippen LogP contribution in [0.3, 0.4) is 0 Å². The van der Waals surface area contributed by atoms with Crippen molar-refractivity contribution in [3.05, 3.63) is 61.8 Å². The van der Waals surface area contributed by atoms with Crippen molar-refractivity contribution in [3.8, 4) is 0 Å². The van der Waals surface area contributed by atoms with E-state index in [0.29, 0.717) is 29.1 Å².